The highest BCUT2D eigenvalue weighted by molar-refractivity contribution is 6.31. The molecule has 0 aromatic heterocycles. The summed E-state index contributed by atoms with van der Waals surface area (Å²) in [5.74, 6) is -0.539. The zero-order chi connectivity index (χ0) is 14.0. The molecule has 1 amide bonds. The molecule has 4 nitrogen and oxygen atoms in total. The highest BCUT2D eigenvalue weighted by atomic mass is 35.5. The van der Waals surface area contributed by atoms with E-state index in [1.807, 2.05) is 6.92 Å². The lowest BCUT2D eigenvalue weighted by atomic mass is 10.1. The summed E-state index contributed by atoms with van der Waals surface area (Å²) in [7, 11) is 0. The number of nitrogens with one attached hydrogen (secondary N) is 1. The van der Waals surface area contributed by atoms with Crippen LogP contribution >= 0.6 is 11.6 Å². The molecule has 2 aromatic rings. The number of rotatable bonds is 2. The number of hydrogen-bond donors (Lipinski definition) is 3. The number of amides is 1. The number of anilines is 2. The predicted octanol–water partition coefficient (Wildman–Crippen LogP) is 3.19. The summed E-state index contributed by atoms with van der Waals surface area (Å²) in [5, 5.41) is 12.8. The summed E-state index contributed by atoms with van der Waals surface area (Å²) >= 11 is 5.81. The minimum atomic E-state index is -0.423. The maximum atomic E-state index is 12.1. The van der Waals surface area contributed by atoms with Crippen molar-refractivity contribution < 1.29 is 9.90 Å². The van der Waals surface area contributed by atoms with E-state index in [1.54, 1.807) is 18.2 Å². The molecule has 4 N–H and O–H groups in total. The van der Waals surface area contributed by atoms with Crippen LogP contribution in [0.1, 0.15) is 15.9 Å². The van der Waals surface area contributed by atoms with E-state index < -0.39 is 5.91 Å². The van der Waals surface area contributed by atoms with Gasteiger partial charge in [-0.3, -0.25) is 4.79 Å². The number of phenols is 1. The van der Waals surface area contributed by atoms with Crippen molar-refractivity contribution in [3.8, 4) is 5.75 Å². The van der Waals surface area contributed by atoms with Crippen molar-refractivity contribution in [2.75, 3.05) is 11.1 Å². The molecule has 19 heavy (non-hydrogen) atoms. The molecule has 0 saturated heterocycles. The fraction of sp³-hybridized carbons (Fsp3) is 0.0714. The van der Waals surface area contributed by atoms with E-state index in [9.17, 15) is 9.90 Å². The Balaban J connectivity index is 2.28. The molecule has 0 radical (unpaired) electrons. The van der Waals surface area contributed by atoms with Crippen LogP contribution in [0.5, 0.6) is 5.75 Å². The van der Waals surface area contributed by atoms with Gasteiger partial charge in [-0.2, -0.15) is 0 Å². The van der Waals surface area contributed by atoms with Crippen LogP contribution in [0.25, 0.3) is 0 Å². The Morgan fingerprint density at radius 3 is 2.68 bits per heavy atom. The molecule has 0 fully saturated rings. The summed E-state index contributed by atoms with van der Waals surface area (Å²) in [6.07, 6.45) is 0. The SMILES string of the molecule is Cc1cc(N)ccc1NC(=O)c1cc(Cl)ccc1O. The van der Waals surface area contributed by atoms with E-state index in [-0.39, 0.29) is 11.3 Å². The summed E-state index contributed by atoms with van der Waals surface area (Å²) in [4.78, 5) is 12.1. The molecule has 2 rings (SSSR count). The van der Waals surface area contributed by atoms with Crippen molar-refractivity contribution in [1.29, 1.82) is 0 Å². The van der Waals surface area contributed by atoms with E-state index in [2.05, 4.69) is 5.32 Å². The molecule has 0 atom stereocenters. The Morgan fingerprint density at radius 1 is 1.26 bits per heavy atom. The molecule has 0 spiro atoms. The quantitative estimate of drug-likeness (QED) is 0.737. The number of halogens is 1. The van der Waals surface area contributed by atoms with Gasteiger partial charge in [-0.15, -0.1) is 0 Å². The van der Waals surface area contributed by atoms with E-state index in [4.69, 9.17) is 17.3 Å². The van der Waals surface area contributed by atoms with Gasteiger partial charge in [0.1, 0.15) is 5.75 Å². The number of phenolic OH excluding ortho intramolecular Hbond substituents is 1. The summed E-state index contributed by atoms with van der Waals surface area (Å²) in [5.41, 5.74) is 7.88. The number of nitrogens with two attached hydrogens (primary N) is 1. The van der Waals surface area contributed by atoms with E-state index in [0.717, 1.165) is 5.56 Å². The fourth-order valence-electron chi connectivity index (χ4n) is 1.71. The smallest absolute Gasteiger partial charge is 0.259 e. The number of benzene rings is 2. The van der Waals surface area contributed by atoms with Crippen molar-refractivity contribution in [3.05, 3.63) is 52.5 Å². The Kier molecular flexibility index (Phi) is 3.62. The first-order valence-electron chi connectivity index (χ1n) is 5.63. The molecule has 98 valence electrons. The van der Waals surface area contributed by atoms with Crippen LogP contribution in [-0.2, 0) is 0 Å². The van der Waals surface area contributed by atoms with Crippen LogP contribution in [0, 0.1) is 6.92 Å². The standard InChI is InChI=1S/C14H13ClN2O2/c1-8-6-10(16)3-4-12(8)17-14(19)11-7-9(15)2-5-13(11)18/h2-7,18H,16H2,1H3,(H,17,19). The van der Waals surface area contributed by atoms with Gasteiger partial charge >= 0.3 is 0 Å². The highest BCUT2D eigenvalue weighted by Crippen LogP contribution is 2.24. The molecule has 0 aliphatic rings. The van der Waals surface area contributed by atoms with Gasteiger partial charge in [0.2, 0.25) is 0 Å². The Hall–Kier alpha value is -2.20. The van der Waals surface area contributed by atoms with Crippen molar-refractivity contribution >= 4 is 28.9 Å². The summed E-state index contributed by atoms with van der Waals surface area (Å²) in [6, 6.07) is 9.48. The molecule has 2 aromatic carbocycles. The minimum absolute atomic E-state index is 0.116. The van der Waals surface area contributed by atoms with Crippen LogP contribution in [0.2, 0.25) is 5.02 Å². The second kappa shape index (κ2) is 5.20. The van der Waals surface area contributed by atoms with Gasteiger partial charge in [-0.1, -0.05) is 11.6 Å². The van der Waals surface area contributed by atoms with Crippen molar-refractivity contribution in [3.63, 3.8) is 0 Å². The van der Waals surface area contributed by atoms with Crippen LogP contribution in [-0.4, -0.2) is 11.0 Å². The molecule has 0 saturated carbocycles. The first kappa shape index (κ1) is 13.2. The monoisotopic (exact) mass is 276 g/mol. The van der Waals surface area contributed by atoms with Gasteiger partial charge in [0.25, 0.3) is 5.91 Å². The molecule has 0 aliphatic heterocycles. The zero-order valence-corrected chi connectivity index (χ0v) is 11.0. The average Bonchev–Trinajstić information content (AvgIpc) is 2.35. The van der Waals surface area contributed by atoms with Gasteiger partial charge < -0.3 is 16.2 Å². The van der Waals surface area contributed by atoms with Crippen molar-refractivity contribution in [2.24, 2.45) is 0 Å². The normalized spacial score (nSPS) is 10.2. The number of hydrogen-bond acceptors (Lipinski definition) is 3. The largest absolute Gasteiger partial charge is 0.507 e. The fourth-order valence-corrected chi connectivity index (χ4v) is 1.88. The first-order chi connectivity index (χ1) is 8.97. The van der Waals surface area contributed by atoms with E-state index in [1.165, 1.54) is 18.2 Å². The third-order valence-electron chi connectivity index (χ3n) is 2.70. The molecular formula is C14H13ClN2O2. The number of carbonyl (C=O) groups is 1. The Labute approximate surface area is 115 Å². The van der Waals surface area contributed by atoms with Gasteiger partial charge in [-0.05, 0) is 48.9 Å². The first-order valence-corrected chi connectivity index (χ1v) is 6.01. The number of aryl methyl sites for hydroxylation is 1. The number of carbonyl (C=O) groups excluding carboxylic acids is 1. The number of nitrogen functional groups attached to an aromatic ring is 1. The van der Waals surface area contributed by atoms with Crippen molar-refractivity contribution in [2.45, 2.75) is 6.92 Å². The molecule has 0 heterocycles. The van der Waals surface area contributed by atoms with Crippen LogP contribution in [0.4, 0.5) is 11.4 Å². The van der Waals surface area contributed by atoms with Crippen LogP contribution < -0.4 is 11.1 Å². The lowest BCUT2D eigenvalue weighted by molar-refractivity contribution is 0.102. The highest BCUT2D eigenvalue weighted by Gasteiger charge is 2.12. The maximum Gasteiger partial charge on any atom is 0.259 e. The zero-order valence-electron chi connectivity index (χ0n) is 10.3. The minimum Gasteiger partial charge on any atom is -0.507 e. The average molecular weight is 277 g/mol. The van der Waals surface area contributed by atoms with Gasteiger partial charge in [-0.25, -0.2) is 0 Å². The Bertz CT molecular complexity index is 641. The second-order valence-electron chi connectivity index (χ2n) is 4.19. The topological polar surface area (TPSA) is 75.3 Å². The third kappa shape index (κ3) is 2.98. The maximum absolute atomic E-state index is 12.1. The van der Waals surface area contributed by atoms with Gasteiger partial charge in [0.05, 0.1) is 5.56 Å². The van der Waals surface area contributed by atoms with Crippen LogP contribution in [0.3, 0.4) is 0 Å². The van der Waals surface area contributed by atoms with Gasteiger partial charge in [0, 0.05) is 16.4 Å². The summed E-state index contributed by atoms with van der Waals surface area (Å²) < 4.78 is 0. The molecule has 0 aliphatic carbocycles. The van der Waals surface area contributed by atoms with Gasteiger partial charge in [0.15, 0.2) is 0 Å². The molecule has 0 bridgehead atoms. The lowest BCUT2D eigenvalue weighted by Crippen LogP contribution is -2.13. The summed E-state index contributed by atoms with van der Waals surface area (Å²) in [6.45, 7) is 1.84. The van der Waals surface area contributed by atoms with Crippen LogP contribution in [0.15, 0.2) is 36.4 Å². The Morgan fingerprint density at radius 2 is 2.00 bits per heavy atom. The predicted molar refractivity (Wildman–Crippen MR) is 76.7 cm³/mol. The molecule has 0 unspecified atom stereocenters. The number of aromatic hydroxyl groups is 1. The van der Waals surface area contributed by atoms with E-state index in [0.29, 0.717) is 16.4 Å². The second-order valence-corrected chi connectivity index (χ2v) is 4.63. The lowest BCUT2D eigenvalue weighted by Gasteiger charge is -2.10. The van der Waals surface area contributed by atoms with E-state index >= 15 is 0 Å². The molecule has 5 heteroatoms. The third-order valence-corrected chi connectivity index (χ3v) is 2.94. The van der Waals surface area contributed by atoms with Crippen molar-refractivity contribution in [1.82, 2.24) is 0 Å². The molecular weight excluding hydrogens is 264 g/mol.